The number of benzene rings is 1. The summed E-state index contributed by atoms with van der Waals surface area (Å²) in [6.07, 6.45) is 1.22. The zero-order chi connectivity index (χ0) is 55.5. The van der Waals surface area contributed by atoms with E-state index in [1.54, 1.807) is 45.2 Å². The topological polar surface area (TPSA) is 249 Å². The Hall–Kier alpha value is -4.52. The quantitative estimate of drug-likeness (QED) is 0.0498. The van der Waals surface area contributed by atoms with E-state index >= 15 is 0 Å². The van der Waals surface area contributed by atoms with Gasteiger partial charge in [0.05, 0.1) is 97.5 Å². The molecule has 422 valence electrons. The van der Waals surface area contributed by atoms with Crippen molar-refractivity contribution in [3.05, 3.63) is 46.5 Å². The van der Waals surface area contributed by atoms with Crippen LogP contribution in [0.1, 0.15) is 79.2 Å². The zero-order valence-electron chi connectivity index (χ0n) is 45.3. The number of epoxide rings is 1. The van der Waals surface area contributed by atoms with E-state index in [0.29, 0.717) is 77.1 Å². The minimum absolute atomic E-state index is 0.0669. The monoisotopic (exact) mass is 1100 g/mol. The molecule has 3 heterocycles. The van der Waals surface area contributed by atoms with E-state index in [0.717, 1.165) is 11.1 Å². The highest BCUT2D eigenvalue weighted by molar-refractivity contribution is 8.01. The molecule has 4 rings (SSSR count). The number of aliphatic hydroxyl groups is 1. The largest absolute Gasteiger partial charge is 0.495 e. The van der Waals surface area contributed by atoms with Crippen LogP contribution in [0.15, 0.2) is 35.9 Å². The molecule has 21 nitrogen and oxygen atoms in total. The van der Waals surface area contributed by atoms with Crippen molar-refractivity contribution in [2.75, 3.05) is 105 Å². The van der Waals surface area contributed by atoms with Gasteiger partial charge in [0.2, 0.25) is 17.7 Å². The normalized spacial score (nSPS) is 24.5. The molecule has 8 atom stereocenters. The summed E-state index contributed by atoms with van der Waals surface area (Å²) < 4.78 is 55.3. The van der Waals surface area contributed by atoms with Gasteiger partial charge in [0.1, 0.15) is 40.7 Å². The first kappa shape index (κ1) is 63.0. The number of allylic oxidation sites excluding steroid dienone is 3. The number of alkyl carbamates (subject to hydrolysis) is 1. The number of likely N-dealkylation sites (N-methyl/N-ethyl adjacent to an activating group) is 1. The van der Waals surface area contributed by atoms with Gasteiger partial charge in [-0.25, -0.2) is 9.59 Å². The van der Waals surface area contributed by atoms with Crippen LogP contribution in [0, 0.1) is 5.92 Å². The number of thioether (sulfide) groups is 1. The van der Waals surface area contributed by atoms with Crippen LogP contribution in [-0.4, -0.2) is 193 Å². The summed E-state index contributed by atoms with van der Waals surface area (Å²) in [4.78, 5) is 81.5. The van der Waals surface area contributed by atoms with Crippen molar-refractivity contribution >= 4 is 64.8 Å². The van der Waals surface area contributed by atoms with Crippen molar-refractivity contribution in [3.8, 4) is 5.75 Å². The number of nitrogens with one attached hydrogen (secondary N) is 2. The van der Waals surface area contributed by atoms with Gasteiger partial charge >= 0.3 is 18.0 Å². The number of carbonyl (C=O) groups is 6. The lowest BCUT2D eigenvalue weighted by molar-refractivity contribution is -0.162. The van der Waals surface area contributed by atoms with Crippen molar-refractivity contribution in [1.29, 1.82) is 0 Å². The number of rotatable bonds is 26. The lowest BCUT2D eigenvalue weighted by Crippen LogP contribution is -2.63. The fourth-order valence-electron chi connectivity index (χ4n) is 8.47. The van der Waals surface area contributed by atoms with E-state index in [4.69, 9.17) is 54.2 Å². The van der Waals surface area contributed by atoms with E-state index in [1.807, 2.05) is 26.8 Å². The minimum atomic E-state index is -1.87. The second kappa shape index (κ2) is 29.8. The summed E-state index contributed by atoms with van der Waals surface area (Å²) in [6, 6.07) is 2.47. The Kier molecular flexibility index (Phi) is 25.1. The summed E-state index contributed by atoms with van der Waals surface area (Å²) in [6.45, 7) is 13.9. The maximum absolute atomic E-state index is 14.4. The molecule has 3 N–H and O–H groups in total. The average Bonchev–Trinajstić information content (AvgIpc) is 4.07. The summed E-state index contributed by atoms with van der Waals surface area (Å²) in [5, 5.41) is 17.4. The van der Waals surface area contributed by atoms with Gasteiger partial charge in [0, 0.05) is 51.3 Å². The van der Waals surface area contributed by atoms with Crippen LogP contribution >= 0.6 is 23.4 Å². The molecule has 23 heteroatoms. The standard InChI is InChI=1S/C52H79ClN4O17S/c1-33-13-12-14-40(66-10)52(64)31-39(72-49(63)55-52)34(2)47-51(6,74-47)41(30-44(60)57(8)37-28-36(27-33)29-38(65-9)46(37)53)73-48(62)35(3)56(7)43(59)15-17-50(4,5)75-32-42(58)54-18-20-69-22-24-71-26-25-70-23-21-68-19-16-45(61)67-11/h12-14,28-29,34-35,39-41,47,64H,15-27,30-32H2,1-11H3,(H,54,58)(H,55,63)/t34-,35+,39+,40-,41+,47+,51+,52+/m1/s1. The number of anilines is 1. The third-order valence-electron chi connectivity index (χ3n) is 13.4. The molecular weight excluding hydrogens is 1020 g/mol. The molecule has 4 amide bonds. The second-order valence-electron chi connectivity index (χ2n) is 19.6. The number of methoxy groups -OCH3 is 3. The number of amides is 4. The fraction of sp³-hybridized carbons (Fsp3) is 0.692. The third kappa shape index (κ3) is 19.2. The summed E-state index contributed by atoms with van der Waals surface area (Å²) in [5.41, 5.74) is -1.10. The Labute approximate surface area is 450 Å². The summed E-state index contributed by atoms with van der Waals surface area (Å²) >= 11 is 8.22. The van der Waals surface area contributed by atoms with Crippen LogP contribution in [0.4, 0.5) is 10.5 Å². The molecule has 0 saturated carbocycles. The highest BCUT2D eigenvalue weighted by Crippen LogP contribution is 2.49. The number of hydrogen-bond donors (Lipinski definition) is 3. The predicted octanol–water partition coefficient (Wildman–Crippen LogP) is 4.55. The van der Waals surface area contributed by atoms with Crippen molar-refractivity contribution in [2.24, 2.45) is 5.92 Å². The molecular formula is C52H79ClN4O17S. The number of carbonyl (C=O) groups excluding carboxylic acids is 6. The van der Waals surface area contributed by atoms with Gasteiger partial charge in [-0.3, -0.25) is 24.5 Å². The van der Waals surface area contributed by atoms with Crippen LogP contribution in [0.25, 0.3) is 0 Å². The molecule has 1 aromatic rings. The number of hydrogen-bond acceptors (Lipinski definition) is 18. The van der Waals surface area contributed by atoms with Crippen LogP contribution in [-0.2, 0) is 73.0 Å². The van der Waals surface area contributed by atoms with Gasteiger partial charge in [-0.15, -0.1) is 11.8 Å². The number of esters is 2. The maximum Gasteiger partial charge on any atom is 0.409 e. The lowest BCUT2D eigenvalue weighted by Gasteiger charge is -2.42. The van der Waals surface area contributed by atoms with Crippen LogP contribution in [0.3, 0.4) is 0 Å². The van der Waals surface area contributed by atoms with Crippen molar-refractivity contribution in [1.82, 2.24) is 15.5 Å². The first-order valence-corrected chi connectivity index (χ1v) is 26.5. The number of fused-ring (bicyclic) bond motifs is 5. The SMILES string of the molecule is COC(=O)CCOCCOCCOCCOCCNC(=O)CSC(C)(C)CCC(=O)N(C)[C@@H](C)C(=O)O[C@H]1CC(=O)N(C)c2cc(cc(OC)c2Cl)CC(C)=CC=C[C@@H](OC)[C@@]2(O)C[C@H](OC(=O)N2)[C@@H](C)[C@@H]2O[C@@]12C. The second-order valence-corrected chi connectivity index (χ2v) is 21.6. The van der Waals surface area contributed by atoms with E-state index < -0.39 is 70.4 Å². The Balaban J connectivity index is 1.32. The Morgan fingerprint density at radius 1 is 1.01 bits per heavy atom. The molecule has 0 radical (unpaired) electrons. The Bertz CT molecular complexity index is 2170. The van der Waals surface area contributed by atoms with Gasteiger partial charge in [-0.2, -0.15) is 0 Å². The van der Waals surface area contributed by atoms with Crippen LogP contribution in [0.2, 0.25) is 5.02 Å². The van der Waals surface area contributed by atoms with Crippen LogP contribution < -0.4 is 20.3 Å². The number of halogens is 1. The maximum atomic E-state index is 14.4. The molecule has 0 spiro atoms. The van der Waals surface area contributed by atoms with Gasteiger partial charge in [-0.05, 0) is 51.3 Å². The number of ether oxygens (including phenoxy) is 10. The average molecular weight is 1100 g/mol. The van der Waals surface area contributed by atoms with E-state index in [-0.39, 0.29) is 60.8 Å². The molecule has 4 bridgehead atoms. The molecule has 1 aromatic carbocycles. The van der Waals surface area contributed by atoms with Crippen molar-refractivity contribution in [2.45, 2.75) is 127 Å². The first-order chi connectivity index (χ1) is 35.5. The van der Waals surface area contributed by atoms with Gasteiger partial charge < -0.3 is 67.6 Å². The highest BCUT2D eigenvalue weighted by Gasteiger charge is 2.64. The Morgan fingerprint density at radius 2 is 1.65 bits per heavy atom. The number of nitrogens with zero attached hydrogens (tertiary/aromatic N) is 2. The third-order valence-corrected chi connectivity index (χ3v) is 15.2. The molecule has 0 unspecified atom stereocenters. The molecule has 3 aliphatic rings. The zero-order valence-corrected chi connectivity index (χ0v) is 46.9. The molecule has 2 saturated heterocycles. The highest BCUT2D eigenvalue weighted by atomic mass is 35.5. The minimum Gasteiger partial charge on any atom is -0.495 e. The molecule has 3 aliphatic heterocycles. The van der Waals surface area contributed by atoms with E-state index in [1.165, 1.54) is 56.9 Å². The first-order valence-electron chi connectivity index (χ1n) is 25.1. The van der Waals surface area contributed by atoms with E-state index in [2.05, 4.69) is 15.4 Å². The smallest absolute Gasteiger partial charge is 0.409 e. The predicted molar refractivity (Wildman–Crippen MR) is 280 cm³/mol. The molecule has 75 heavy (non-hydrogen) atoms. The Morgan fingerprint density at radius 3 is 2.28 bits per heavy atom. The van der Waals surface area contributed by atoms with E-state index in [9.17, 15) is 33.9 Å². The van der Waals surface area contributed by atoms with Gasteiger partial charge in [0.25, 0.3) is 0 Å². The molecule has 2 fully saturated rings. The summed E-state index contributed by atoms with van der Waals surface area (Å²) in [7, 11) is 7.29. The summed E-state index contributed by atoms with van der Waals surface area (Å²) in [5.74, 6) is -2.17. The van der Waals surface area contributed by atoms with Gasteiger partial charge in [-0.1, -0.05) is 56.2 Å². The van der Waals surface area contributed by atoms with Crippen molar-refractivity contribution in [3.63, 3.8) is 0 Å². The fourth-order valence-corrected chi connectivity index (χ4v) is 9.65. The van der Waals surface area contributed by atoms with Crippen molar-refractivity contribution < 1.29 is 81.2 Å². The van der Waals surface area contributed by atoms with Gasteiger partial charge in [0.15, 0.2) is 5.72 Å². The molecule has 0 aromatic heterocycles. The van der Waals surface area contributed by atoms with Crippen LogP contribution in [0.5, 0.6) is 5.75 Å². The lowest BCUT2D eigenvalue weighted by atomic mass is 9.83. The molecule has 0 aliphatic carbocycles.